The van der Waals surface area contributed by atoms with Crippen LogP contribution >= 0.6 is 0 Å². The van der Waals surface area contributed by atoms with Crippen molar-refractivity contribution in [1.82, 2.24) is 4.98 Å². The average Bonchev–Trinajstić information content (AvgIpc) is 2.83. The highest BCUT2D eigenvalue weighted by atomic mass is 16.1. The summed E-state index contributed by atoms with van der Waals surface area (Å²) >= 11 is 0. The molecule has 0 radical (unpaired) electrons. The molecule has 94 valence electrons. The summed E-state index contributed by atoms with van der Waals surface area (Å²) in [5, 5.41) is 9.84. The molecule has 0 bridgehead atoms. The Hall–Kier alpha value is -2.08. The molecule has 0 amide bonds. The van der Waals surface area contributed by atoms with Crippen molar-refractivity contribution in [3.63, 3.8) is 0 Å². The summed E-state index contributed by atoms with van der Waals surface area (Å²) in [5.41, 5.74) is 2.31. The average molecular weight is 250 g/mol. The Labute approximate surface area is 111 Å². The van der Waals surface area contributed by atoms with Crippen molar-refractivity contribution in [2.24, 2.45) is 17.8 Å². The molecule has 1 aromatic heterocycles. The van der Waals surface area contributed by atoms with Crippen LogP contribution in [-0.2, 0) is 0 Å². The van der Waals surface area contributed by atoms with Gasteiger partial charge >= 0.3 is 0 Å². The van der Waals surface area contributed by atoms with E-state index < -0.39 is 0 Å². The predicted molar refractivity (Wildman–Crippen MR) is 71.7 cm³/mol. The number of aromatic amines is 1. The van der Waals surface area contributed by atoms with Crippen molar-refractivity contribution in [1.29, 1.82) is 5.26 Å². The van der Waals surface area contributed by atoms with E-state index in [9.17, 15) is 4.79 Å². The molecule has 1 aromatic carbocycles. The van der Waals surface area contributed by atoms with Gasteiger partial charge in [-0.2, -0.15) is 5.26 Å². The van der Waals surface area contributed by atoms with Gasteiger partial charge in [0.25, 0.3) is 0 Å². The third kappa shape index (κ3) is 1.46. The molecule has 0 spiro atoms. The molecule has 2 aliphatic rings. The Morgan fingerprint density at radius 1 is 1.32 bits per heavy atom. The highest BCUT2D eigenvalue weighted by molar-refractivity contribution is 6.10. The Morgan fingerprint density at radius 3 is 2.84 bits per heavy atom. The molecule has 2 saturated carbocycles. The fraction of sp³-hybridized carbons (Fsp3) is 0.375. The van der Waals surface area contributed by atoms with Gasteiger partial charge in [-0.25, -0.2) is 0 Å². The minimum atomic E-state index is 0.267. The number of carbonyl (C=O) groups is 1. The van der Waals surface area contributed by atoms with Gasteiger partial charge in [0.2, 0.25) is 0 Å². The number of benzene rings is 1. The normalized spacial score (nSPS) is 28.1. The molecule has 0 aliphatic heterocycles. The minimum Gasteiger partial charge on any atom is -0.360 e. The van der Waals surface area contributed by atoms with Crippen molar-refractivity contribution < 1.29 is 4.79 Å². The zero-order chi connectivity index (χ0) is 13.0. The monoisotopic (exact) mass is 250 g/mol. The largest absolute Gasteiger partial charge is 0.360 e. The fourth-order valence-corrected chi connectivity index (χ4v) is 3.79. The number of Topliss-reactive ketones (excluding diaryl/α,β-unsaturated/α-hetero) is 1. The predicted octanol–water partition coefficient (Wildman–Crippen LogP) is 3.27. The van der Waals surface area contributed by atoms with Gasteiger partial charge in [-0.05, 0) is 36.8 Å². The third-order valence-electron chi connectivity index (χ3n) is 4.79. The number of nitrogens with zero attached hydrogens (tertiary/aromatic N) is 1. The van der Waals surface area contributed by atoms with Crippen LogP contribution in [0.3, 0.4) is 0 Å². The lowest BCUT2D eigenvalue weighted by molar-refractivity contribution is 0.0953. The highest BCUT2D eigenvalue weighted by Crippen LogP contribution is 2.58. The topological polar surface area (TPSA) is 56.6 Å². The number of nitrogens with one attached hydrogen (secondary N) is 1. The number of ketones is 1. The number of hydrogen-bond acceptors (Lipinski definition) is 2. The van der Waals surface area contributed by atoms with E-state index in [1.807, 2.05) is 12.3 Å². The summed E-state index contributed by atoms with van der Waals surface area (Å²) in [6, 6.07) is 7.59. The zero-order valence-electron chi connectivity index (χ0n) is 10.5. The van der Waals surface area contributed by atoms with Crippen LogP contribution in [0.4, 0.5) is 0 Å². The summed E-state index contributed by atoms with van der Waals surface area (Å²) < 4.78 is 0. The smallest absolute Gasteiger partial charge is 0.168 e. The first-order valence-corrected chi connectivity index (χ1v) is 6.85. The molecule has 2 unspecified atom stereocenters. The Bertz CT molecular complexity index is 712. The van der Waals surface area contributed by atoms with Gasteiger partial charge < -0.3 is 4.98 Å². The maximum Gasteiger partial charge on any atom is 0.168 e. The van der Waals surface area contributed by atoms with E-state index in [-0.39, 0.29) is 5.92 Å². The number of aromatic nitrogens is 1. The van der Waals surface area contributed by atoms with E-state index in [0.29, 0.717) is 23.2 Å². The first-order chi connectivity index (χ1) is 9.29. The van der Waals surface area contributed by atoms with E-state index in [1.165, 1.54) is 19.3 Å². The van der Waals surface area contributed by atoms with Crippen molar-refractivity contribution >= 4 is 16.7 Å². The van der Waals surface area contributed by atoms with Crippen molar-refractivity contribution in [3.05, 3.63) is 35.5 Å². The van der Waals surface area contributed by atoms with Crippen LogP contribution in [0.2, 0.25) is 0 Å². The molecule has 1 N–H and O–H groups in total. The van der Waals surface area contributed by atoms with Crippen molar-refractivity contribution in [3.8, 4) is 6.07 Å². The molecule has 3 nitrogen and oxygen atoms in total. The number of H-pyrrole nitrogens is 1. The second kappa shape index (κ2) is 3.71. The van der Waals surface area contributed by atoms with E-state index >= 15 is 0 Å². The summed E-state index contributed by atoms with van der Waals surface area (Å²) in [6.07, 6.45) is 5.55. The summed E-state index contributed by atoms with van der Waals surface area (Å²) in [6.45, 7) is 0. The first-order valence-electron chi connectivity index (χ1n) is 6.85. The van der Waals surface area contributed by atoms with Crippen molar-refractivity contribution in [2.75, 3.05) is 0 Å². The third-order valence-corrected chi connectivity index (χ3v) is 4.79. The second-order valence-electron chi connectivity index (χ2n) is 5.72. The number of fused-ring (bicyclic) bond motifs is 2. The number of rotatable bonds is 2. The van der Waals surface area contributed by atoms with Crippen molar-refractivity contribution in [2.45, 2.75) is 19.3 Å². The summed E-state index contributed by atoms with van der Waals surface area (Å²) in [4.78, 5) is 15.7. The molecule has 19 heavy (non-hydrogen) atoms. The van der Waals surface area contributed by atoms with Crippen LogP contribution in [0.25, 0.3) is 10.9 Å². The van der Waals surface area contributed by atoms with Gasteiger partial charge in [-0.1, -0.05) is 12.5 Å². The van der Waals surface area contributed by atoms with Gasteiger partial charge in [-0.3, -0.25) is 4.79 Å². The Morgan fingerprint density at radius 2 is 2.11 bits per heavy atom. The fourth-order valence-electron chi connectivity index (χ4n) is 3.79. The first kappa shape index (κ1) is 10.8. The SMILES string of the molecule is N#Cc1ccc2c(C(=O)C3C4CCCC43)c[nH]c2c1. The van der Waals surface area contributed by atoms with E-state index in [2.05, 4.69) is 11.1 Å². The lowest BCUT2D eigenvalue weighted by atomic mass is 10.0. The molecule has 2 aromatic rings. The van der Waals surface area contributed by atoms with Crippen LogP contribution in [0, 0.1) is 29.1 Å². The number of carbonyl (C=O) groups excluding carboxylic acids is 1. The molecule has 4 rings (SSSR count). The maximum atomic E-state index is 12.6. The van der Waals surface area contributed by atoms with Gasteiger partial charge in [0.15, 0.2) is 5.78 Å². The lowest BCUT2D eigenvalue weighted by Crippen LogP contribution is -2.05. The van der Waals surface area contributed by atoms with E-state index in [0.717, 1.165) is 16.5 Å². The number of nitriles is 1. The molecular formula is C16H14N2O. The van der Waals surface area contributed by atoms with E-state index in [4.69, 9.17) is 5.26 Å². The second-order valence-corrected chi connectivity index (χ2v) is 5.72. The van der Waals surface area contributed by atoms with Gasteiger partial charge in [0.1, 0.15) is 0 Å². The summed E-state index contributed by atoms with van der Waals surface area (Å²) in [7, 11) is 0. The zero-order valence-corrected chi connectivity index (χ0v) is 10.5. The van der Waals surface area contributed by atoms with Crippen LogP contribution in [-0.4, -0.2) is 10.8 Å². The molecular weight excluding hydrogens is 236 g/mol. The molecule has 2 fully saturated rings. The number of hydrogen-bond donors (Lipinski definition) is 1. The molecule has 3 heteroatoms. The lowest BCUT2D eigenvalue weighted by Gasteiger charge is -2.01. The molecule has 1 heterocycles. The quantitative estimate of drug-likeness (QED) is 0.831. The Kier molecular flexibility index (Phi) is 2.11. The van der Waals surface area contributed by atoms with Gasteiger partial charge in [0.05, 0.1) is 11.6 Å². The van der Waals surface area contributed by atoms with Crippen LogP contribution in [0.15, 0.2) is 24.4 Å². The molecule has 0 saturated heterocycles. The minimum absolute atomic E-state index is 0.267. The maximum absolute atomic E-state index is 12.6. The van der Waals surface area contributed by atoms with Gasteiger partial charge in [-0.15, -0.1) is 0 Å². The molecule has 2 atom stereocenters. The summed E-state index contributed by atoms with van der Waals surface area (Å²) in [5.74, 6) is 1.86. The van der Waals surface area contributed by atoms with Crippen LogP contribution in [0.5, 0.6) is 0 Å². The van der Waals surface area contributed by atoms with Crippen LogP contribution in [0.1, 0.15) is 35.2 Å². The highest BCUT2D eigenvalue weighted by Gasteiger charge is 2.56. The van der Waals surface area contributed by atoms with Gasteiger partial charge in [0, 0.05) is 28.6 Å². The van der Waals surface area contributed by atoms with E-state index in [1.54, 1.807) is 12.1 Å². The van der Waals surface area contributed by atoms with Crippen LogP contribution < -0.4 is 0 Å². The molecule has 2 aliphatic carbocycles. The standard InChI is InChI=1S/C16H14N2O/c17-7-9-4-5-10-13(8-18-14(10)6-9)16(19)15-11-2-1-3-12(11)15/h4-6,8,11-12,15,18H,1-3H2. The Balaban J connectivity index is 1.72.